The van der Waals surface area contributed by atoms with Gasteiger partial charge in [0.05, 0.1) is 11.7 Å². The summed E-state index contributed by atoms with van der Waals surface area (Å²) in [5, 5.41) is 8.41. The average Bonchev–Trinajstić information content (AvgIpc) is 3.53. The van der Waals surface area contributed by atoms with E-state index < -0.39 is 0 Å². The van der Waals surface area contributed by atoms with Crippen LogP contribution in [0.15, 0.2) is 79.4 Å². The molecule has 7 nitrogen and oxygen atoms in total. The van der Waals surface area contributed by atoms with Gasteiger partial charge in [0, 0.05) is 59.5 Å². The number of fused-ring (bicyclic) bond motifs is 2. The van der Waals surface area contributed by atoms with E-state index in [1.807, 2.05) is 55.6 Å². The van der Waals surface area contributed by atoms with Gasteiger partial charge in [-0.15, -0.1) is 0 Å². The Morgan fingerprint density at radius 3 is 2.83 bits per heavy atom. The van der Waals surface area contributed by atoms with Crippen LogP contribution in [0.1, 0.15) is 33.6 Å². The highest BCUT2D eigenvalue weighted by molar-refractivity contribution is 5.96. The molecule has 0 radical (unpaired) electrons. The number of hydrogen-bond donors (Lipinski definition) is 1. The molecule has 5 aromatic rings. The Labute approximate surface area is 208 Å². The lowest BCUT2D eigenvalue weighted by Crippen LogP contribution is -2.23. The van der Waals surface area contributed by atoms with Crippen LogP contribution in [0.3, 0.4) is 0 Å². The number of rotatable bonds is 6. The molecule has 2 aromatic carbocycles. The molecule has 0 atom stereocenters. The van der Waals surface area contributed by atoms with Crippen molar-refractivity contribution in [3.8, 4) is 22.6 Å². The summed E-state index contributed by atoms with van der Waals surface area (Å²) in [6, 6.07) is 17.4. The third-order valence-corrected chi connectivity index (χ3v) is 6.70. The molecule has 0 saturated carbocycles. The number of nitrogens with zero attached hydrogens (tertiary/aromatic N) is 4. The minimum Gasteiger partial charge on any atom is -0.456 e. The Morgan fingerprint density at radius 2 is 1.94 bits per heavy atom. The van der Waals surface area contributed by atoms with Crippen molar-refractivity contribution in [3.63, 3.8) is 0 Å². The zero-order valence-electron chi connectivity index (χ0n) is 19.9. The molecule has 6 rings (SSSR count). The standard InChI is InChI=1S/C29H25N5O2/c1-19-22(29(35)32-17-20-9-12-30-13-10-20)4-2-6-27(19)36-28-11-14-31-25-16-21(7-8-23(25)28)24-18-33-34-15-3-5-26(24)34/h2,4,6-14,16,18H,3,5,15,17H2,1H3,(H,32,35). The van der Waals surface area contributed by atoms with E-state index in [1.165, 1.54) is 11.3 Å². The highest BCUT2D eigenvalue weighted by atomic mass is 16.5. The minimum absolute atomic E-state index is 0.146. The zero-order chi connectivity index (χ0) is 24.5. The Hall–Kier alpha value is -4.52. The van der Waals surface area contributed by atoms with Crippen LogP contribution in [0, 0.1) is 6.92 Å². The largest absolute Gasteiger partial charge is 0.456 e. The van der Waals surface area contributed by atoms with Gasteiger partial charge in [-0.05, 0) is 73.4 Å². The summed E-state index contributed by atoms with van der Waals surface area (Å²) in [6.45, 7) is 3.32. The van der Waals surface area contributed by atoms with E-state index in [1.54, 1.807) is 18.6 Å². The summed E-state index contributed by atoms with van der Waals surface area (Å²) < 4.78 is 8.43. The van der Waals surface area contributed by atoms with Crippen LogP contribution in [0.4, 0.5) is 0 Å². The molecule has 36 heavy (non-hydrogen) atoms. The number of ether oxygens (including phenoxy) is 1. The summed E-state index contributed by atoms with van der Waals surface area (Å²) in [7, 11) is 0. The van der Waals surface area contributed by atoms with E-state index in [-0.39, 0.29) is 5.91 Å². The van der Waals surface area contributed by atoms with Crippen molar-refractivity contribution in [2.45, 2.75) is 32.9 Å². The van der Waals surface area contributed by atoms with Gasteiger partial charge in [0.25, 0.3) is 5.91 Å². The van der Waals surface area contributed by atoms with E-state index >= 15 is 0 Å². The van der Waals surface area contributed by atoms with E-state index in [0.29, 0.717) is 23.6 Å². The molecule has 0 fully saturated rings. The van der Waals surface area contributed by atoms with E-state index in [2.05, 4.69) is 37.2 Å². The first-order valence-corrected chi connectivity index (χ1v) is 12.1. The van der Waals surface area contributed by atoms with Crippen LogP contribution < -0.4 is 10.1 Å². The van der Waals surface area contributed by atoms with Crippen molar-refractivity contribution in [2.75, 3.05) is 0 Å². The first-order chi connectivity index (χ1) is 17.7. The molecule has 1 aliphatic heterocycles. The van der Waals surface area contributed by atoms with Crippen molar-refractivity contribution in [2.24, 2.45) is 0 Å². The van der Waals surface area contributed by atoms with E-state index in [9.17, 15) is 4.79 Å². The fourth-order valence-electron chi connectivity index (χ4n) is 4.75. The predicted octanol–water partition coefficient (Wildman–Crippen LogP) is 5.47. The topological polar surface area (TPSA) is 81.9 Å². The fourth-order valence-corrected chi connectivity index (χ4v) is 4.75. The number of nitrogens with one attached hydrogen (secondary N) is 1. The van der Waals surface area contributed by atoms with Crippen molar-refractivity contribution >= 4 is 16.8 Å². The monoisotopic (exact) mass is 475 g/mol. The van der Waals surface area contributed by atoms with Gasteiger partial charge >= 0.3 is 0 Å². The molecule has 1 amide bonds. The lowest BCUT2D eigenvalue weighted by molar-refractivity contribution is 0.0950. The Morgan fingerprint density at radius 1 is 1.06 bits per heavy atom. The maximum Gasteiger partial charge on any atom is 0.251 e. The molecule has 1 N–H and O–H groups in total. The average molecular weight is 476 g/mol. The number of pyridine rings is 2. The predicted molar refractivity (Wildman–Crippen MR) is 138 cm³/mol. The van der Waals surface area contributed by atoms with Gasteiger partial charge in [-0.3, -0.25) is 19.4 Å². The van der Waals surface area contributed by atoms with Gasteiger partial charge in [0.15, 0.2) is 0 Å². The molecule has 3 aromatic heterocycles. The van der Waals surface area contributed by atoms with Crippen LogP contribution in [-0.4, -0.2) is 25.7 Å². The summed E-state index contributed by atoms with van der Waals surface area (Å²) in [5.74, 6) is 1.19. The highest BCUT2D eigenvalue weighted by Crippen LogP contribution is 2.35. The molecular formula is C29H25N5O2. The molecule has 0 spiro atoms. The minimum atomic E-state index is -0.146. The summed E-state index contributed by atoms with van der Waals surface area (Å²) >= 11 is 0. The van der Waals surface area contributed by atoms with Crippen LogP contribution in [0.5, 0.6) is 11.5 Å². The molecule has 0 saturated heterocycles. The molecule has 4 heterocycles. The quantitative estimate of drug-likeness (QED) is 0.352. The fraction of sp³-hybridized carbons (Fsp3) is 0.172. The van der Waals surface area contributed by atoms with Crippen molar-refractivity contribution in [1.82, 2.24) is 25.1 Å². The highest BCUT2D eigenvalue weighted by Gasteiger charge is 2.18. The lowest BCUT2D eigenvalue weighted by Gasteiger charge is -2.14. The molecular weight excluding hydrogens is 450 g/mol. The molecule has 0 unspecified atom stereocenters. The second-order valence-electron chi connectivity index (χ2n) is 8.94. The van der Waals surface area contributed by atoms with Crippen LogP contribution >= 0.6 is 0 Å². The SMILES string of the molecule is Cc1c(Oc2ccnc3cc(-c4cnn5c4CCC5)ccc23)cccc1C(=O)NCc1ccncc1. The number of aryl methyl sites for hydroxylation is 1. The second kappa shape index (κ2) is 9.26. The lowest BCUT2D eigenvalue weighted by atomic mass is 10.0. The third-order valence-electron chi connectivity index (χ3n) is 6.70. The normalized spacial score (nSPS) is 12.5. The number of hydrogen-bond acceptors (Lipinski definition) is 5. The van der Waals surface area contributed by atoms with Gasteiger partial charge in [0.1, 0.15) is 11.5 Å². The van der Waals surface area contributed by atoms with Crippen LogP contribution in [0.25, 0.3) is 22.0 Å². The van der Waals surface area contributed by atoms with Crippen LogP contribution in [0.2, 0.25) is 0 Å². The van der Waals surface area contributed by atoms with Gasteiger partial charge in [-0.25, -0.2) is 0 Å². The number of amides is 1. The summed E-state index contributed by atoms with van der Waals surface area (Å²) in [6.07, 6.45) is 9.32. The first-order valence-electron chi connectivity index (χ1n) is 12.1. The van der Waals surface area contributed by atoms with Gasteiger partial charge in [-0.2, -0.15) is 5.10 Å². The Bertz CT molecular complexity index is 1580. The summed E-state index contributed by atoms with van der Waals surface area (Å²) in [4.78, 5) is 21.5. The maximum atomic E-state index is 12.9. The van der Waals surface area contributed by atoms with Crippen LogP contribution in [-0.2, 0) is 19.5 Å². The maximum absolute atomic E-state index is 12.9. The zero-order valence-corrected chi connectivity index (χ0v) is 19.9. The van der Waals surface area contributed by atoms with Crippen molar-refractivity contribution < 1.29 is 9.53 Å². The van der Waals surface area contributed by atoms with Gasteiger partial charge in [-0.1, -0.05) is 12.1 Å². The summed E-state index contributed by atoms with van der Waals surface area (Å²) in [5.41, 5.74) is 6.78. The molecule has 7 heteroatoms. The number of aromatic nitrogens is 4. The van der Waals surface area contributed by atoms with Gasteiger partial charge < -0.3 is 10.1 Å². The molecule has 178 valence electrons. The van der Waals surface area contributed by atoms with E-state index in [4.69, 9.17) is 4.74 Å². The Kier molecular flexibility index (Phi) is 5.65. The third kappa shape index (κ3) is 4.09. The number of benzene rings is 2. The number of carbonyl (C=O) groups is 1. The Balaban J connectivity index is 1.26. The number of carbonyl (C=O) groups excluding carboxylic acids is 1. The van der Waals surface area contributed by atoms with Crippen molar-refractivity contribution in [1.29, 1.82) is 0 Å². The molecule has 0 aliphatic carbocycles. The van der Waals surface area contributed by atoms with Gasteiger partial charge in [0.2, 0.25) is 0 Å². The first kappa shape index (κ1) is 22.0. The second-order valence-corrected chi connectivity index (χ2v) is 8.94. The molecule has 1 aliphatic rings. The smallest absolute Gasteiger partial charge is 0.251 e. The molecule has 0 bridgehead atoms. The van der Waals surface area contributed by atoms with E-state index in [0.717, 1.165) is 47.0 Å². The van der Waals surface area contributed by atoms with Crippen molar-refractivity contribution in [3.05, 3.63) is 102 Å².